The van der Waals surface area contributed by atoms with Crippen molar-refractivity contribution in [2.75, 3.05) is 4.81 Å². The summed E-state index contributed by atoms with van der Waals surface area (Å²) in [6.07, 6.45) is 3.62. The Morgan fingerprint density at radius 3 is 1.84 bits per heavy atom. The van der Waals surface area contributed by atoms with E-state index in [1.54, 1.807) is 0 Å². The van der Waals surface area contributed by atoms with E-state index in [2.05, 4.69) is 119 Å². The Hall–Kier alpha value is -4.96. The zero-order chi connectivity index (χ0) is 25.1. The first-order valence-electron chi connectivity index (χ1n) is 13.0. The van der Waals surface area contributed by atoms with Gasteiger partial charge in [0.25, 0.3) is 0 Å². The van der Waals surface area contributed by atoms with Crippen molar-refractivity contribution in [3.63, 3.8) is 0 Å². The third-order valence-electron chi connectivity index (χ3n) is 7.79. The third-order valence-corrected chi connectivity index (χ3v) is 7.79. The molecule has 0 N–H and O–H groups in total. The molecule has 0 amide bonds. The smallest absolute Gasteiger partial charge is 0.329 e. The lowest BCUT2D eigenvalue weighted by atomic mass is 9.43. The summed E-state index contributed by atoms with van der Waals surface area (Å²) in [6, 6.07) is 43.5. The van der Waals surface area contributed by atoms with Gasteiger partial charge in [-0.1, -0.05) is 78.9 Å². The lowest BCUT2D eigenvalue weighted by Gasteiger charge is -2.43. The van der Waals surface area contributed by atoms with Crippen LogP contribution in [-0.4, -0.2) is 16.8 Å². The van der Waals surface area contributed by atoms with Gasteiger partial charge in [0, 0.05) is 46.0 Å². The molecule has 0 radical (unpaired) electrons. The van der Waals surface area contributed by atoms with Gasteiger partial charge in [-0.3, -0.25) is 4.98 Å². The van der Waals surface area contributed by atoms with E-state index in [9.17, 15) is 0 Å². The maximum absolute atomic E-state index is 5.02. The molecule has 0 saturated heterocycles. The van der Waals surface area contributed by atoms with Crippen LogP contribution in [0.15, 0.2) is 134 Å². The van der Waals surface area contributed by atoms with E-state index in [1.165, 1.54) is 44.6 Å². The average Bonchev–Trinajstić information content (AvgIpc) is 3.01. The van der Waals surface area contributed by atoms with Gasteiger partial charge in [0.2, 0.25) is 0 Å². The molecule has 8 rings (SSSR count). The summed E-state index contributed by atoms with van der Waals surface area (Å²) in [6.45, 7) is 0.129. The highest BCUT2D eigenvalue weighted by Gasteiger charge is 2.41. The molecule has 0 bridgehead atoms. The quantitative estimate of drug-likeness (QED) is 0.256. The van der Waals surface area contributed by atoms with Gasteiger partial charge in [-0.2, -0.15) is 0 Å². The molecule has 0 unspecified atom stereocenters. The zero-order valence-corrected chi connectivity index (χ0v) is 20.6. The number of benzene rings is 4. The summed E-state index contributed by atoms with van der Waals surface area (Å²) in [5.74, 6) is 0. The topological polar surface area (TPSA) is 29.0 Å². The lowest BCUT2D eigenvalue weighted by Crippen LogP contribution is -2.59. The van der Waals surface area contributed by atoms with Crippen LogP contribution in [0, 0.1) is 0 Å². The minimum Gasteiger partial charge on any atom is -0.376 e. The van der Waals surface area contributed by atoms with Crippen molar-refractivity contribution >= 4 is 29.1 Å². The monoisotopic (exact) mass is 483 g/mol. The van der Waals surface area contributed by atoms with E-state index in [0.717, 1.165) is 22.5 Å². The van der Waals surface area contributed by atoms with Crippen LogP contribution in [0.3, 0.4) is 0 Å². The van der Waals surface area contributed by atoms with Gasteiger partial charge in [-0.05, 0) is 64.5 Å². The highest BCUT2D eigenvalue weighted by Crippen LogP contribution is 2.46. The van der Waals surface area contributed by atoms with Crippen molar-refractivity contribution in [3.05, 3.63) is 134 Å². The first-order valence-corrected chi connectivity index (χ1v) is 13.0. The Kier molecular flexibility index (Phi) is 4.62. The van der Waals surface area contributed by atoms with Crippen molar-refractivity contribution in [1.29, 1.82) is 0 Å². The number of pyridine rings is 2. The lowest BCUT2D eigenvalue weighted by molar-refractivity contribution is 1.28. The van der Waals surface area contributed by atoms with E-state index >= 15 is 0 Å². The summed E-state index contributed by atoms with van der Waals surface area (Å²) in [7, 11) is 0. The predicted molar refractivity (Wildman–Crippen MR) is 157 cm³/mol. The fraction of sp³-hybridized carbons (Fsp3) is 0. The Morgan fingerprint density at radius 2 is 1.08 bits per heavy atom. The van der Waals surface area contributed by atoms with Crippen LogP contribution in [0.2, 0.25) is 0 Å². The number of anilines is 2. The van der Waals surface area contributed by atoms with Crippen molar-refractivity contribution in [3.8, 4) is 44.8 Å². The molecule has 2 aliphatic rings. The molecule has 6 aromatic rings. The molecule has 2 aliphatic heterocycles. The van der Waals surface area contributed by atoms with E-state index in [0.29, 0.717) is 0 Å². The second-order valence-corrected chi connectivity index (χ2v) is 9.84. The van der Waals surface area contributed by atoms with Gasteiger partial charge < -0.3 is 4.81 Å². The number of rotatable bonds is 2. The molecule has 0 aliphatic carbocycles. The number of hydrogen-bond acceptors (Lipinski definition) is 3. The standard InChI is InChI=1S/C34H22BN3/c1-4-11-29-25(8-1)27-10-3-6-15-33(27)38-34-17-16-24(22-28(34)26-9-2-5-12-30(26)35(29)38)32-14-7-13-31(37-32)23-18-20-36-21-19-23/h1-22H. The minimum atomic E-state index is 0.129. The van der Waals surface area contributed by atoms with Gasteiger partial charge in [0.05, 0.1) is 11.4 Å². The highest BCUT2D eigenvalue weighted by molar-refractivity contribution is 6.92. The molecule has 4 heterocycles. The first kappa shape index (κ1) is 21.2. The molecule has 0 atom stereocenters. The molecular formula is C34H22BN3. The van der Waals surface area contributed by atoms with Crippen LogP contribution in [0.4, 0.5) is 11.4 Å². The second-order valence-electron chi connectivity index (χ2n) is 9.84. The highest BCUT2D eigenvalue weighted by atomic mass is 15.1. The summed E-state index contributed by atoms with van der Waals surface area (Å²) < 4.78 is 0. The van der Waals surface area contributed by atoms with E-state index < -0.39 is 0 Å². The second kappa shape index (κ2) is 8.29. The summed E-state index contributed by atoms with van der Waals surface area (Å²) in [5, 5.41) is 0. The number of fused-ring (bicyclic) bond motifs is 11. The largest absolute Gasteiger partial charge is 0.376 e. The van der Waals surface area contributed by atoms with Crippen molar-refractivity contribution in [2.24, 2.45) is 0 Å². The number of nitrogens with zero attached hydrogens (tertiary/aromatic N) is 3. The molecule has 4 aromatic carbocycles. The average molecular weight is 483 g/mol. The van der Waals surface area contributed by atoms with Gasteiger partial charge in [0.15, 0.2) is 0 Å². The van der Waals surface area contributed by atoms with Crippen molar-refractivity contribution in [2.45, 2.75) is 0 Å². The van der Waals surface area contributed by atoms with Crippen LogP contribution in [-0.2, 0) is 0 Å². The summed E-state index contributed by atoms with van der Waals surface area (Å²) in [5.41, 5.74) is 14.4. The molecule has 176 valence electrons. The van der Waals surface area contributed by atoms with E-state index in [1.807, 2.05) is 24.5 Å². The molecule has 38 heavy (non-hydrogen) atoms. The number of aromatic nitrogens is 2. The fourth-order valence-corrected chi connectivity index (χ4v) is 6.13. The van der Waals surface area contributed by atoms with Gasteiger partial charge in [-0.25, -0.2) is 4.98 Å². The Balaban J connectivity index is 1.34. The maximum Gasteiger partial charge on any atom is 0.329 e. The number of para-hydroxylation sites is 1. The first-order chi connectivity index (χ1) is 18.9. The van der Waals surface area contributed by atoms with Gasteiger partial charge >= 0.3 is 6.85 Å². The number of hydrogen-bond donors (Lipinski definition) is 0. The van der Waals surface area contributed by atoms with E-state index in [4.69, 9.17) is 4.98 Å². The molecule has 4 heteroatoms. The molecule has 0 saturated carbocycles. The summed E-state index contributed by atoms with van der Waals surface area (Å²) in [4.78, 5) is 11.7. The Morgan fingerprint density at radius 1 is 0.474 bits per heavy atom. The zero-order valence-electron chi connectivity index (χ0n) is 20.6. The minimum absolute atomic E-state index is 0.129. The molecule has 0 fully saturated rings. The Bertz CT molecular complexity index is 1850. The molecule has 2 aromatic heterocycles. The molecule has 3 nitrogen and oxygen atoms in total. The van der Waals surface area contributed by atoms with Crippen LogP contribution < -0.4 is 15.7 Å². The Labute approximate surface area is 222 Å². The predicted octanol–water partition coefficient (Wildman–Crippen LogP) is 6.72. The fourth-order valence-electron chi connectivity index (χ4n) is 6.13. The third kappa shape index (κ3) is 3.10. The maximum atomic E-state index is 5.02. The molecule has 0 spiro atoms. The van der Waals surface area contributed by atoms with Crippen LogP contribution in [0.1, 0.15) is 0 Å². The van der Waals surface area contributed by atoms with Crippen LogP contribution in [0.25, 0.3) is 44.8 Å². The SMILES string of the molecule is c1cc(-c2ccncc2)nc(-c2ccc3c(c2)-c2ccccc2B2c4ccccc4-c4ccccc4N23)c1. The van der Waals surface area contributed by atoms with Crippen molar-refractivity contribution in [1.82, 2.24) is 9.97 Å². The normalized spacial score (nSPS) is 12.6. The summed E-state index contributed by atoms with van der Waals surface area (Å²) >= 11 is 0. The van der Waals surface area contributed by atoms with Crippen LogP contribution in [0.5, 0.6) is 0 Å². The van der Waals surface area contributed by atoms with Crippen molar-refractivity contribution < 1.29 is 0 Å². The van der Waals surface area contributed by atoms with E-state index in [-0.39, 0.29) is 6.85 Å². The molecular weight excluding hydrogens is 461 g/mol. The van der Waals surface area contributed by atoms with Crippen LogP contribution >= 0.6 is 0 Å². The van der Waals surface area contributed by atoms with Gasteiger partial charge in [0.1, 0.15) is 0 Å². The van der Waals surface area contributed by atoms with Gasteiger partial charge in [-0.15, -0.1) is 0 Å².